The summed E-state index contributed by atoms with van der Waals surface area (Å²) in [7, 11) is 3.63. The average molecular weight is 295 g/mol. The van der Waals surface area contributed by atoms with Crippen molar-refractivity contribution < 1.29 is 9.59 Å². The highest BCUT2D eigenvalue weighted by Crippen LogP contribution is 2.14. The Bertz CT molecular complexity index is 461. The Hall–Kier alpha value is -1.40. The van der Waals surface area contributed by atoms with E-state index in [4.69, 9.17) is 0 Å². The maximum atomic E-state index is 12.4. The molecule has 1 fully saturated rings. The second-order valence-electron chi connectivity index (χ2n) is 5.17. The lowest BCUT2D eigenvalue weighted by molar-refractivity contribution is -0.132. The summed E-state index contributed by atoms with van der Waals surface area (Å²) < 4.78 is 0. The van der Waals surface area contributed by atoms with Crippen molar-refractivity contribution in [3.63, 3.8) is 0 Å². The zero-order chi connectivity index (χ0) is 14.5. The maximum absolute atomic E-state index is 12.4. The number of nitrogens with zero attached hydrogens (tertiary/aromatic N) is 2. The van der Waals surface area contributed by atoms with Gasteiger partial charge in [0.05, 0.1) is 12.3 Å². The summed E-state index contributed by atoms with van der Waals surface area (Å²) in [5.74, 6) is -0.0379. The van der Waals surface area contributed by atoms with E-state index >= 15 is 0 Å². The normalized spacial score (nSPS) is 20.5. The summed E-state index contributed by atoms with van der Waals surface area (Å²) in [6.07, 6.45) is 0.432. The van der Waals surface area contributed by atoms with Crippen LogP contribution >= 0.6 is 11.3 Å². The van der Waals surface area contributed by atoms with E-state index in [1.807, 2.05) is 29.5 Å². The van der Waals surface area contributed by atoms with Crippen molar-refractivity contribution in [1.82, 2.24) is 15.1 Å². The minimum atomic E-state index is -0.153. The molecule has 0 radical (unpaired) electrons. The number of thiophene rings is 1. The number of rotatable bonds is 3. The van der Waals surface area contributed by atoms with Crippen molar-refractivity contribution in [2.24, 2.45) is 5.92 Å². The quantitative estimate of drug-likeness (QED) is 0.880. The molecule has 0 bridgehead atoms. The summed E-state index contributed by atoms with van der Waals surface area (Å²) in [6, 6.07) is 3.93. The van der Waals surface area contributed by atoms with Crippen LogP contribution in [0, 0.1) is 5.92 Å². The number of carbonyl (C=O) groups is 2. The fraction of sp³-hybridized carbons (Fsp3) is 0.571. The predicted octanol–water partition coefficient (Wildman–Crippen LogP) is 0.427. The Morgan fingerprint density at radius 3 is 2.85 bits per heavy atom. The van der Waals surface area contributed by atoms with Crippen molar-refractivity contribution in [3.05, 3.63) is 22.4 Å². The van der Waals surface area contributed by atoms with E-state index in [2.05, 4.69) is 10.2 Å². The summed E-state index contributed by atoms with van der Waals surface area (Å²) in [4.78, 5) is 29.2. The van der Waals surface area contributed by atoms with Gasteiger partial charge in [0.2, 0.25) is 11.8 Å². The topological polar surface area (TPSA) is 52.7 Å². The van der Waals surface area contributed by atoms with E-state index in [1.165, 1.54) is 0 Å². The van der Waals surface area contributed by atoms with Gasteiger partial charge in [0, 0.05) is 38.1 Å². The lowest BCUT2D eigenvalue weighted by Gasteiger charge is -2.23. The van der Waals surface area contributed by atoms with E-state index < -0.39 is 0 Å². The van der Waals surface area contributed by atoms with Gasteiger partial charge in [-0.2, -0.15) is 0 Å². The van der Waals surface area contributed by atoms with Crippen molar-refractivity contribution >= 4 is 23.2 Å². The number of nitrogens with one attached hydrogen (secondary N) is 1. The van der Waals surface area contributed by atoms with Crippen molar-refractivity contribution in [3.8, 4) is 0 Å². The molecular formula is C14H21N3O2S. The molecule has 5 nitrogen and oxygen atoms in total. The highest BCUT2D eigenvalue weighted by Gasteiger charge is 2.28. The van der Waals surface area contributed by atoms with Gasteiger partial charge in [-0.15, -0.1) is 11.3 Å². The average Bonchev–Trinajstić information content (AvgIpc) is 2.85. The van der Waals surface area contributed by atoms with Gasteiger partial charge in [-0.05, 0) is 18.5 Å². The molecule has 1 saturated heterocycles. The Kier molecular flexibility index (Phi) is 5.14. The second-order valence-corrected chi connectivity index (χ2v) is 6.20. The van der Waals surface area contributed by atoms with E-state index in [0.29, 0.717) is 26.1 Å². The van der Waals surface area contributed by atoms with Gasteiger partial charge in [-0.1, -0.05) is 6.07 Å². The molecule has 0 aliphatic carbocycles. The van der Waals surface area contributed by atoms with E-state index in [-0.39, 0.29) is 17.7 Å². The third kappa shape index (κ3) is 3.80. The van der Waals surface area contributed by atoms with Crippen LogP contribution in [0.1, 0.15) is 4.88 Å². The van der Waals surface area contributed by atoms with Crippen molar-refractivity contribution in [1.29, 1.82) is 0 Å². The van der Waals surface area contributed by atoms with Crippen LogP contribution in [0.3, 0.4) is 0 Å². The predicted molar refractivity (Wildman–Crippen MR) is 79.7 cm³/mol. The molecule has 0 spiro atoms. The minimum Gasteiger partial charge on any atom is -0.359 e. The van der Waals surface area contributed by atoms with Crippen LogP contribution in [-0.4, -0.2) is 61.9 Å². The van der Waals surface area contributed by atoms with Crippen LogP contribution in [-0.2, 0) is 16.0 Å². The fourth-order valence-electron chi connectivity index (χ4n) is 2.44. The zero-order valence-corrected chi connectivity index (χ0v) is 12.8. The minimum absolute atomic E-state index is 0.00711. The van der Waals surface area contributed by atoms with Crippen LogP contribution in [0.2, 0.25) is 0 Å². The van der Waals surface area contributed by atoms with E-state index in [9.17, 15) is 9.59 Å². The first-order valence-corrected chi connectivity index (χ1v) is 7.68. The molecule has 1 aliphatic rings. The molecule has 1 N–H and O–H groups in total. The lowest BCUT2D eigenvalue weighted by Crippen LogP contribution is -2.41. The van der Waals surface area contributed by atoms with Crippen LogP contribution in [0.4, 0.5) is 0 Å². The molecule has 1 aromatic rings. The molecule has 1 aliphatic heterocycles. The molecule has 0 aromatic carbocycles. The molecule has 6 heteroatoms. The van der Waals surface area contributed by atoms with Crippen molar-refractivity contribution in [2.75, 3.05) is 40.3 Å². The molecule has 110 valence electrons. The maximum Gasteiger partial charge on any atom is 0.227 e. The largest absolute Gasteiger partial charge is 0.359 e. The van der Waals surface area contributed by atoms with Gasteiger partial charge in [0.1, 0.15) is 0 Å². The second kappa shape index (κ2) is 6.85. The summed E-state index contributed by atoms with van der Waals surface area (Å²) in [5, 5.41) is 4.66. The molecule has 2 amide bonds. The van der Waals surface area contributed by atoms with Crippen LogP contribution in [0.15, 0.2) is 17.5 Å². The third-order valence-corrected chi connectivity index (χ3v) is 4.48. The molecule has 2 heterocycles. The molecular weight excluding hydrogens is 274 g/mol. The van der Waals surface area contributed by atoms with Gasteiger partial charge in [0.15, 0.2) is 0 Å². The molecule has 1 atom stereocenters. The fourth-order valence-corrected chi connectivity index (χ4v) is 3.14. The number of hydrogen-bond acceptors (Lipinski definition) is 4. The number of amides is 2. The third-order valence-electron chi connectivity index (χ3n) is 3.60. The highest BCUT2D eigenvalue weighted by atomic mass is 32.1. The Morgan fingerprint density at radius 2 is 2.20 bits per heavy atom. The molecule has 0 unspecified atom stereocenters. The summed E-state index contributed by atoms with van der Waals surface area (Å²) in [6.45, 7) is 2.70. The van der Waals surface area contributed by atoms with Gasteiger partial charge in [-0.25, -0.2) is 0 Å². The van der Waals surface area contributed by atoms with Gasteiger partial charge in [-0.3, -0.25) is 9.59 Å². The van der Waals surface area contributed by atoms with Gasteiger partial charge < -0.3 is 15.1 Å². The van der Waals surface area contributed by atoms with Crippen LogP contribution in [0.5, 0.6) is 0 Å². The first kappa shape index (κ1) is 15.0. The van der Waals surface area contributed by atoms with E-state index in [0.717, 1.165) is 11.4 Å². The van der Waals surface area contributed by atoms with Crippen LogP contribution in [0.25, 0.3) is 0 Å². The smallest absolute Gasteiger partial charge is 0.227 e. The lowest BCUT2D eigenvalue weighted by atomic mass is 10.1. The number of likely N-dealkylation sites (N-methyl/N-ethyl adjacent to an activating group) is 1. The first-order valence-electron chi connectivity index (χ1n) is 6.80. The van der Waals surface area contributed by atoms with Gasteiger partial charge in [0.25, 0.3) is 0 Å². The molecule has 1 aromatic heterocycles. The molecule has 0 saturated carbocycles. The van der Waals surface area contributed by atoms with Crippen molar-refractivity contribution in [2.45, 2.75) is 6.42 Å². The Labute approximate surface area is 123 Å². The molecule has 20 heavy (non-hydrogen) atoms. The highest BCUT2D eigenvalue weighted by molar-refractivity contribution is 7.10. The Balaban J connectivity index is 2.02. The number of hydrogen-bond donors (Lipinski definition) is 1. The SMILES string of the molecule is CNC(=O)[C@@H]1CN(C)CCN(C(=O)Cc2cccs2)C1. The zero-order valence-electron chi connectivity index (χ0n) is 12.0. The van der Waals surface area contributed by atoms with E-state index in [1.54, 1.807) is 18.4 Å². The summed E-state index contributed by atoms with van der Waals surface area (Å²) in [5.41, 5.74) is 0. The Morgan fingerprint density at radius 1 is 1.40 bits per heavy atom. The number of carbonyl (C=O) groups excluding carboxylic acids is 2. The van der Waals surface area contributed by atoms with Crippen LogP contribution < -0.4 is 5.32 Å². The standard InChI is InChI=1S/C14H21N3O2S/c1-15-14(19)11-9-16(2)5-6-17(10-11)13(18)8-12-4-3-7-20-12/h3-4,7,11H,5-6,8-10H2,1-2H3,(H,15,19)/t11-/m1/s1. The summed E-state index contributed by atoms with van der Waals surface area (Å²) >= 11 is 1.60. The monoisotopic (exact) mass is 295 g/mol. The van der Waals surface area contributed by atoms with Gasteiger partial charge >= 0.3 is 0 Å². The first-order chi connectivity index (χ1) is 9.60. The molecule has 2 rings (SSSR count).